The Morgan fingerprint density at radius 3 is 1.04 bits per heavy atom. The Morgan fingerprint density at radius 1 is 0.376 bits per heavy atom. The maximum atomic E-state index is 11.6. The normalized spacial score (nSPS) is 16.3. The second-order valence-corrected chi connectivity index (χ2v) is 32.2. The molecular weight excluding hydrogens is 1080 g/mol. The van der Waals surface area contributed by atoms with Crippen molar-refractivity contribution in [3.63, 3.8) is 0 Å². The molecule has 4 aliphatic rings. The predicted molar refractivity (Wildman–Crippen MR) is 358 cm³/mol. The van der Waals surface area contributed by atoms with Crippen LogP contribution in [0.15, 0.2) is 152 Å². The summed E-state index contributed by atoms with van der Waals surface area (Å²) in [6.45, 7) is 54.1. The van der Waals surface area contributed by atoms with Gasteiger partial charge in [0.1, 0.15) is 6.07 Å². The van der Waals surface area contributed by atoms with E-state index in [9.17, 15) is 10.7 Å². The minimum absolute atomic E-state index is 0. The van der Waals surface area contributed by atoms with Crippen molar-refractivity contribution in [1.82, 2.24) is 4.98 Å². The molecule has 5 aromatic rings. The molecule has 9 rings (SSSR count). The van der Waals surface area contributed by atoms with E-state index in [1.54, 1.807) is 0 Å². The molecule has 6 nitrogen and oxygen atoms in total. The number of nitrogens with zero attached hydrogens (tertiary/aromatic N) is 6. The van der Waals surface area contributed by atoms with E-state index in [0.29, 0.717) is 56.1 Å². The van der Waals surface area contributed by atoms with Crippen LogP contribution in [0.3, 0.4) is 0 Å². The van der Waals surface area contributed by atoms with Gasteiger partial charge in [0.05, 0.1) is 39.8 Å². The number of rotatable bonds is 4. The second kappa shape index (κ2) is 21.8. The Labute approximate surface area is 520 Å². The molecule has 0 aliphatic carbocycles. The summed E-state index contributed by atoms with van der Waals surface area (Å²) in [6, 6.07) is 34.4. The molecule has 85 heavy (non-hydrogen) atoms. The van der Waals surface area contributed by atoms with E-state index in [0.717, 1.165) is 44.5 Å². The van der Waals surface area contributed by atoms with Crippen LogP contribution >= 0.6 is 0 Å². The van der Waals surface area contributed by atoms with Gasteiger partial charge in [-0.1, -0.05) is 251 Å². The topological polar surface area (TPSA) is 97.3 Å². The molecule has 8 bridgehead atoms. The quantitative estimate of drug-likeness (QED) is 0.132. The summed E-state index contributed by atoms with van der Waals surface area (Å²) in [4.78, 5) is 23.1. The van der Waals surface area contributed by atoms with Crippen LogP contribution in [-0.2, 0) is 60.4 Å². The van der Waals surface area contributed by atoms with Gasteiger partial charge in [-0.15, -0.1) is 10.7 Å². The minimum Gasteiger partial charge on any atom is -0.763 e. The van der Waals surface area contributed by atoms with Gasteiger partial charge >= 0.3 is 17.1 Å². The molecule has 0 spiro atoms. The Balaban J connectivity index is 0.00000940. The van der Waals surface area contributed by atoms with Crippen LogP contribution in [0.1, 0.15) is 233 Å². The third kappa shape index (κ3) is 13.0. The minimum atomic E-state index is -0.218. The van der Waals surface area contributed by atoms with Crippen LogP contribution in [0.25, 0.3) is 27.7 Å². The van der Waals surface area contributed by atoms with E-state index < -0.39 is 0 Å². The zero-order valence-electron chi connectivity index (χ0n) is 55.4. The van der Waals surface area contributed by atoms with E-state index >= 15 is 0 Å². The number of aromatic nitrogens is 1. The predicted octanol–water partition coefficient (Wildman–Crippen LogP) is 17.7. The Bertz CT molecular complexity index is 3980. The number of hydrogen-bond donors (Lipinski definition) is 0. The SMILES string of the molecule is CC(C)(C)c1cc(C2=C3C=CC(=N3)C(c3cc(C(C)(C)C)cc(C(C)(C)C)c3)=C3C=C(C#N)C(=N3)C(c3cc(C(C)(C)C)cc(C(C)(C)C)c3)=c3ccc([n-]3)=C(c3cc(C(C)(C)C)cc(C(C)(C)C)c3)C3=NC2=CC3=C=[N-])cc(C(C)(C)C)c1.[Cu+2]. The van der Waals surface area contributed by atoms with Crippen LogP contribution < -0.4 is 15.7 Å². The molecule has 1 radical (unpaired) electrons. The zero-order chi connectivity index (χ0) is 62.0. The summed E-state index contributed by atoms with van der Waals surface area (Å²) in [7, 11) is 0. The zero-order valence-corrected chi connectivity index (χ0v) is 56.3. The number of aliphatic imine (C=N–C) groups is 3. The molecule has 0 saturated heterocycles. The van der Waals surface area contributed by atoms with Crippen molar-refractivity contribution in [2.45, 2.75) is 209 Å². The van der Waals surface area contributed by atoms with Crippen molar-refractivity contribution in [3.05, 3.63) is 220 Å². The molecule has 0 amide bonds. The first kappa shape index (κ1) is 64.1. The summed E-state index contributed by atoms with van der Waals surface area (Å²) in [5.74, 6) is 2.67. The largest absolute Gasteiger partial charge is 2.00 e. The van der Waals surface area contributed by atoms with Gasteiger partial charge in [-0.2, -0.15) is 5.26 Å². The molecule has 5 heterocycles. The fourth-order valence-electron chi connectivity index (χ4n) is 11.1. The van der Waals surface area contributed by atoms with Crippen LogP contribution in [0.5, 0.6) is 0 Å². The summed E-state index contributed by atoms with van der Waals surface area (Å²) in [5.41, 5.74) is 19.3. The number of hydrogen-bond acceptors (Lipinski definition) is 4. The average Bonchev–Trinajstić information content (AvgIpc) is 1.79. The summed E-state index contributed by atoms with van der Waals surface area (Å²) >= 11 is 0. The molecule has 4 aliphatic heterocycles. The standard InChI is InChI=1S/C78H90N6.Cu/c1-71(2,3)51-29-45(30-52(39-51)72(4,5)6)65-59-25-26-60(81-59)66(46-31-53(73(7,8)9)40-54(32-46)74(10,11)12)64-38-50(44-80)70(84-64)68(48-35-57(77(19,20)21)42-58(36-48)78(22,23)24)62-28-27-61(82-62)67(69-49(43-79)37-63(65)83-69)47-33-55(75(13,14)15)41-56(34-47)76(16,17)18;/h25-42H,1-24H3;/q-2;+2. The molecule has 7 heteroatoms. The van der Waals surface area contributed by atoms with E-state index in [1.165, 1.54) is 44.5 Å². The first-order valence-electron chi connectivity index (χ1n) is 30.1. The maximum absolute atomic E-state index is 11.6. The molecule has 1 aromatic heterocycles. The van der Waals surface area contributed by atoms with Crippen molar-refractivity contribution >= 4 is 45.3 Å². The van der Waals surface area contributed by atoms with Crippen molar-refractivity contribution in [3.8, 4) is 6.07 Å². The Morgan fingerprint density at radius 2 is 0.706 bits per heavy atom. The molecule has 0 unspecified atom stereocenters. The van der Waals surface area contributed by atoms with Gasteiger partial charge in [-0.25, -0.2) is 15.0 Å². The Hall–Kier alpha value is -6.93. The van der Waals surface area contributed by atoms with Crippen molar-refractivity contribution in [1.29, 1.82) is 5.26 Å². The molecule has 0 N–H and O–H groups in total. The van der Waals surface area contributed by atoms with Gasteiger partial charge in [0.15, 0.2) is 0 Å². The summed E-state index contributed by atoms with van der Waals surface area (Å²) in [5, 5.41) is 24.6. The third-order valence-electron chi connectivity index (χ3n) is 16.9. The van der Waals surface area contributed by atoms with Gasteiger partial charge in [-0.3, -0.25) is 5.87 Å². The smallest absolute Gasteiger partial charge is 0.763 e. The summed E-state index contributed by atoms with van der Waals surface area (Å²) < 4.78 is 0. The second-order valence-electron chi connectivity index (χ2n) is 32.2. The summed E-state index contributed by atoms with van der Waals surface area (Å²) in [6.07, 6.45) is 8.16. The average molecular weight is 1180 g/mol. The van der Waals surface area contributed by atoms with Crippen LogP contribution in [0.2, 0.25) is 0 Å². The molecule has 0 saturated carbocycles. The molecule has 0 fully saturated rings. The van der Waals surface area contributed by atoms with Crippen LogP contribution in [0, 0.1) is 11.3 Å². The van der Waals surface area contributed by atoms with E-state index in [4.69, 9.17) is 20.0 Å². The van der Waals surface area contributed by atoms with Gasteiger partial charge < -0.3 is 10.4 Å². The van der Waals surface area contributed by atoms with Crippen molar-refractivity contribution < 1.29 is 17.1 Å². The van der Waals surface area contributed by atoms with Crippen LogP contribution in [0.4, 0.5) is 0 Å². The van der Waals surface area contributed by atoms with Gasteiger partial charge in [0, 0.05) is 16.7 Å². The molecular formula is C78H90CuN6. The van der Waals surface area contributed by atoms with E-state index in [-0.39, 0.29) is 60.4 Å². The number of allylic oxidation sites excluding steroid dienone is 8. The fraction of sp³-hybridized carbons (Fsp3) is 0.410. The van der Waals surface area contributed by atoms with Crippen LogP contribution in [-0.4, -0.2) is 23.0 Å². The molecule has 443 valence electrons. The molecule has 4 aromatic carbocycles. The van der Waals surface area contributed by atoms with E-state index in [2.05, 4.69) is 275 Å². The first-order valence-corrected chi connectivity index (χ1v) is 30.1. The fourth-order valence-corrected chi connectivity index (χ4v) is 11.1. The van der Waals surface area contributed by atoms with Gasteiger partial charge in [0.25, 0.3) is 0 Å². The monoisotopic (exact) mass is 1170 g/mol. The third-order valence-corrected chi connectivity index (χ3v) is 16.9. The maximum Gasteiger partial charge on any atom is 2.00 e. The van der Waals surface area contributed by atoms with Crippen molar-refractivity contribution in [2.24, 2.45) is 15.0 Å². The first-order chi connectivity index (χ1) is 38.5. The van der Waals surface area contributed by atoms with Gasteiger partial charge in [0.2, 0.25) is 0 Å². The molecule has 0 atom stereocenters. The van der Waals surface area contributed by atoms with Crippen molar-refractivity contribution in [2.75, 3.05) is 0 Å². The number of fused-ring (bicyclic) bond motifs is 5. The Kier molecular flexibility index (Phi) is 16.4. The number of benzene rings is 4. The number of nitriles is 1. The van der Waals surface area contributed by atoms with Gasteiger partial charge in [-0.05, 0) is 146 Å². The van der Waals surface area contributed by atoms with E-state index in [1.807, 2.05) is 12.2 Å².